The molecule has 2 aromatic rings. The molecule has 5 unspecified atom stereocenters. The molecular weight excluding hydrogens is 707 g/mol. The molecule has 0 radical (unpaired) electrons. The number of H-pyrrole nitrogens is 1. The number of carbonyl (C=O) groups is 4. The van der Waals surface area contributed by atoms with Crippen molar-refractivity contribution in [2.24, 2.45) is 22.7 Å². The number of imidazole rings is 1. The van der Waals surface area contributed by atoms with Gasteiger partial charge in [0.25, 0.3) is 5.56 Å². The Bertz CT molecular complexity index is 2010. The van der Waals surface area contributed by atoms with Gasteiger partial charge in [-0.05, 0) is 77.4 Å². The van der Waals surface area contributed by atoms with Crippen LogP contribution in [0.2, 0.25) is 0 Å². The summed E-state index contributed by atoms with van der Waals surface area (Å²) in [7, 11) is 0. The number of nitrogens with one attached hydrogen (secondary N) is 1. The number of hydrogen-bond acceptors (Lipinski definition) is 13. The molecule has 4 heterocycles. The first-order valence-corrected chi connectivity index (χ1v) is 18.4. The number of carbonyl (C=O) groups excluding carboxylic acids is 4. The van der Waals surface area contributed by atoms with E-state index in [2.05, 4.69) is 15.0 Å². The van der Waals surface area contributed by atoms with Crippen LogP contribution in [0.5, 0.6) is 0 Å². The van der Waals surface area contributed by atoms with Gasteiger partial charge in [-0.2, -0.15) is 0 Å². The van der Waals surface area contributed by atoms with E-state index in [1.165, 1.54) is 32.3 Å². The molecule has 16 heteroatoms. The summed E-state index contributed by atoms with van der Waals surface area (Å²) < 4.78 is 47.4. The van der Waals surface area contributed by atoms with Gasteiger partial charge in [0.1, 0.15) is 12.8 Å². The lowest BCUT2D eigenvalue weighted by Gasteiger charge is -2.62. The lowest BCUT2D eigenvalue weighted by atomic mass is 9.44. The van der Waals surface area contributed by atoms with Crippen LogP contribution in [0, 0.1) is 22.7 Å². The maximum absolute atomic E-state index is 17.3. The topological polar surface area (TPSA) is 198 Å². The summed E-state index contributed by atoms with van der Waals surface area (Å²) in [5, 5.41) is 11.5. The maximum atomic E-state index is 17.3. The van der Waals surface area contributed by atoms with Crippen LogP contribution in [-0.2, 0) is 42.9 Å². The van der Waals surface area contributed by atoms with Gasteiger partial charge in [0.05, 0.1) is 31.0 Å². The zero-order valence-corrected chi connectivity index (χ0v) is 31.3. The van der Waals surface area contributed by atoms with Gasteiger partial charge in [-0.25, -0.2) is 14.4 Å². The SMILES string of the molecule is CC(=O)OCC(=O)[C@@]12OC(C)(C)O[C@@H]1CC1C3CCC4=CC(=O)C=C[C@]4(C)C3(F)[C@@H](O)C[C@@]12C.CC(=O)OCC1CCC(n2cnc3c(=O)[nH]cnc32)O1. The predicted molar refractivity (Wildman–Crippen MR) is 186 cm³/mol. The van der Waals surface area contributed by atoms with Crippen LogP contribution in [0.3, 0.4) is 0 Å². The van der Waals surface area contributed by atoms with Gasteiger partial charge >= 0.3 is 11.9 Å². The molecule has 2 aromatic heterocycles. The highest BCUT2D eigenvalue weighted by Gasteiger charge is 2.80. The summed E-state index contributed by atoms with van der Waals surface area (Å²) in [5.41, 5.74) is -4.31. The highest BCUT2D eigenvalue weighted by atomic mass is 19.1. The monoisotopic (exact) mass is 754 g/mol. The number of alkyl halides is 1. The minimum absolute atomic E-state index is 0.0168. The van der Waals surface area contributed by atoms with Crippen molar-refractivity contribution in [2.75, 3.05) is 13.2 Å². The molecule has 54 heavy (non-hydrogen) atoms. The van der Waals surface area contributed by atoms with Crippen molar-refractivity contribution in [2.45, 2.75) is 122 Å². The maximum Gasteiger partial charge on any atom is 0.303 e. The summed E-state index contributed by atoms with van der Waals surface area (Å²) in [6.07, 6.45) is 7.86. The number of aliphatic hydroxyl groups excluding tert-OH is 1. The number of ketones is 2. The second-order valence-electron chi connectivity index (χ2n) is 16.2. The molecule has 0 amide bonds. The number of ether oxygens (including phenoxy) is 5. The molecule has 10 atom stereocenters. The Morgan fingerprint density at radius 1 is 1.06 bits per heavy atom. The smallest absolute Gasteiger partial charge is 0.303 e. The number of aromatic amines is 1. The third-order valence-corrected chi connectivity index (χ3v) is 12.7. The van der Waals surface area contributed by atoms with E-state index in [0.29, 0.717) is 36.0 Å². The lowest BCUT2D eigenvalue weighted by Crippen LogP contribution is -2.70. The van der Waals surface area contributed by atoms with E-state index in [9.17, 15) is 29.1 Å². The summed E-state index contributed by atoms with van der Waals surface area (Å²) in [4.78, 5) is 70.1. The minimum Gasteiger partial charge on any atom is -0.463 e. The van der Waals surface area contributed by atoms with Gasteiger partial charge in [0.15, 0.2) is 40.6 Å². The number of hydrogen-bond donors (Lipinski definition) is 2. The molecule has 0 spiro atoms. The summed E-state index contributed by atoms with van der Waals surface area (Å²) >= 11 is 0. The average Bonchev–Trinajstić information content (AvgIpc) is 3.86. The molecule has 0 aromatic carbocycles. The zero-order chi connectivity index (χ0) is 39.0. The van der Waals surface area contributed by atoms with Gasteiger partial charge in [-0.15, -0.1) is 0 Å². The summed E-state index contributed by atoms with van der Waals surface area (Å²) in [5.74, 6) is -3.43. The number of esters is 2. The molecule has 0 bridgehead atoms. The Balaban J connectivity index is 0.000000191. The molecule has 5 fully saturated rings. The second kappa shape index (κ2) is 13.3. The van der Waals surface area contributed by atoms with Crippen LogP contribution in [0.15, 0.2) is 41.3 Å². The molecule has 4 aliphatic carbocycles. The second-order valence-corrected chi connectivity index (χ2v) is 16.2. The third kappa shape index (κ3) is 5.78. The van der Waals surface area contributed by atoms with Crippen molar-refractivity contribution < 1.29 is 52.4 Å². The van der Waals surface area contributed by atoms with E-state index < -0.39 is 64.4 Å². The quantitative estimate of drug-likeness (QED) is 0.408. The highest BCUT2D eigenvalue weighted by Crippen LogP contribution is 2.72. The standard InChI is InChI=1S/C26H33FO7.C12H14N4O4/c1-14(28)32-13-20(31)26-21(33-22(2,3)34-26)11-18-17-7-6-15-10-16(29)8-9-23(15,4)25(17,27)19(30)12-24(18,26)5;1-7(17)19-4-8-2-3-9(20-8)16-6-15-10-11(16)13-5-14-12(10)18/h8-10,17-19,21,30H,6-7,11-13H2,1-5H3;5-6,8-9H,2-4H2,1H3,(H,13,14,18)/t17?,18?,19-,21+,23-,24-,25?,26+;/m0./s1. The van der Waals surface area contributed by atoms with E-state index >= 15 is 4.39 Å². The van der Waals surface area contributed by atoms with E-state index in [-0.39, 0.29) is 48.6 Å². The fraction of sp³-hybridized carbons (Fsp3) is 0.658. The zero-order valence-electron chi connectivity index (χ0n) is 31.3. The molecule has 15 nitrogen and oxygen atoms in total. The Kier molecular flexibility index (Phi) is 9.38. The van der Waals surface area contributed by atoms with Crippen molar-refractivity contribution in [3.63, 3.8) is 0 Å². The number of halogens is 1. The van der Waals surface area contributed by atoms with Crippen LogP contribution in [0.1, 0.15) is 86.3 Å². The number of nitrogens with zero attached hydrogens (tertiary/aromatic N) is 3. The van der Waals surface area contributed by atoms with Gasteiger partial charge in [0.2, 0.25) is 5.78 Å². The highest BCUT2D eigenvalue weighted by molar-refractivity contribution is 6.01. The first-order chi connectivity index (χ1) is 25.4. The Morgan fingerprint density at radius 3 is 2.52 bits per heavy atom. The molecule has 2 N–H and O–H groups in total. The van der Waals surface area contributed by atoms with Crippen LogP contribution < -0.4 is 5.56 Å². The van der Waals surface area contributed by atoms with Crippen molar-refractivity contribution >= 4 is 34.7 Å². The minimum atomic E-state index is -2.01. The number of aliphatic hydroxyl groups is 1. The van der Waals surface area contributed by atoms with Crippen molar-refractivity contribution in [1.29, 1.82) is 0 Å². The van der Waals surface area contributed by atoms with E-state index in [1.54, 1.807) is 37.7 Å². The molecular formula is C38H47FN4O11. The number of fused-ring (bicyclic) bond motifs is 8. The van der Waals surface area contributed by atoms with Crippen molar-refractivity contribution in [1.82, 2.24) is 19.5 Å². The lowest BCUT2D eigenvalue weighted by molar-refractivity contribution is -0.246. The average molecular weight is 755 g/mol. The predicted octanol–water partition coefficient (Wildman–Crippen LogP) is 3.35. The van der Waals surface area contributed by atoms with E-state index in [1.807, 2.05) is 6.92 Å². The van der Waals surface area contributed by atoms with E-state index in [0.717, 1.165) is 12.8 Å². The summed E-state index contributed by atoms with van der Waals surface area (Å²) in [6, 6.07) is 0. The summed E-state index contributed by atoms with van der Waals surface area (Å²) in [6.45, 7) is 9.47. The first kappa shape index (κ1) is 38.2. The van der Waals surface area contributed by atoms with Gasteiger partial charge in [-0.1, -0.05) is 18.6 Å². The normalized spacial score (nSPS) is 38.7. The third-order valence-electron chi connectivity index (χ3n) is 12.7. The molecule has 2 aliphatic heterocycles. The molecule has 8 rings (SSSR count). The van der Waals surface area contributed by atoms with Gasteiger partial charge in [0, 0.05) is 30.6 Å². The Morgan fingerprint density at radius 2 is 1.80 bits per heavy atom. The number of allylic oxidation sites excluding steroid dienone is 4. The van der Waals surface area contributed by atoms with Crippen LogP contribution in [-0.4, -0.2) is 96.7 Å². The van der Waals surface area contributed by atoms with Crippen LogP contribution in [0.4, 0.5) is 4.39 Å². The first-order valence-electron chi connectivity index (χ1n) is 18.4. The number of aromatic nitrogens is 4. The Labute approximate surface area is 310 Å². The fourth-order valence-corrected chi connectivity index (χ4v) is 10.4. The van der Waals surface area contributed by atoms with Gasteiger partial charge in [-0.3, -0.25) is 28.5 Å². The van der Waals surface area contributed by atoms with E-state index in [4.69, 9.17) is 23.7 Å². The largest absolute Gasteiger partial charge is 0.463 e. The molecule has 3 saturated carbocycles. The Hall–Kier alpha value is -4.12. The molecule has 2 saturated heterocycles. The van der Waals surface area contributed by atoms with Crippen molar-refractivity contribution in [3.8, 4) is 0 Å². The van der Waals surface area contributed by atoms with Crippen molar-refractivity contribution in [3.05, 3.63) is 46.8 Å². The van der Waals surface area contributed by atoms with Crippen LogP contribution >= 0.6 is 0 Å². The molecule has 292 valence electrons. The fourth-order valence-electron chi connectivity index (χ4n) is 10.4. The van der Waals surface area contributed by atoms with Gasteiger partial charge < -0.3 is 33.8 Å². The van der Waals surface area contributed by atoms with Crippen LogP contribution in [0.25, 0.3) is 11.2 Å². The number of rotatable bonds is 6. The number of Topliss-reactive ketones (excluding diaryl/α,β-unsaturated/α-hetero) is 1. The molecule has 6 aliphatic rings.